The molecule has 8 heteroatoms. The van der Waals surface area contributed by atoms with Crippen LogP contribution in [0, 0.1) is 5.82 Å². The lowest BCUT2D eigenvalue weighted by molar-refractivity contribution is 0.0926. The summed E-state index contributed by atoms with van der Waals surface area (Å²) in [5.41, 5.74) is 0.371. The third-order valence-corrected chi connectivity index (χ3v) is 4.97. The van der Waals surface area contributed by atoms with Crippen molar-refractivity contribution in [1.29, 1.82) is 0 Å². The summed E-state index contributed by atoms with van der Waals surface area (Å²) >= 11 is 5.75. The number of carbonyl (C=O) groups is 1. The van der Waals surface area contributed by atoms with E-state index < -0.39 is 5.82 Å². The molecule has 1 aromatic heterocycles. The smallest absolute Gasteiger partial charge is 0.251 e. The van der Waals surface area contributed by atoms with Crippen LogP contribution in [0.1, 0.15) is 36.0 Å². The number of nitrogens with zero attached hydrogens (tertiary/aromatic N) is 3. The predicted molar refractivity (Wildman–Crippen MR) is 105 cm³/mol. The Balaban J connectivity index is 1.50. The minimum atomic E-state index is -0.527. The SMILES string of the molecule is CN(C)c1ccnc(N[C@H]2CC[C@@H](NC(=O)c3ccc(F)c(Cl)c3)CC2)n1. The van der Waals surface area contributed by atoms with Crippen LogP contribution in [0.5, 0.6) is 0 Å². The van der Waals surface area contributed by atoms with Crippen LogP contribution < -0.4 is 15.5 Å². The molecule has 1 aliphatic carbocycles. The summed E-state index contributed by atoms with van der Waals surface area (Å²) in [5, 5.41) is 6.33. The van der Waals surface area contributed by atoms with Crippen molar-refractivity contribution in [1.82, 2.24) is 15.3 Å². The lowest BCUT2D eigenvalue weighted by Gasteiger charge is -2.29. The molecular weight excluding hydrogens is 369 g/mol. The fourth-order valence-corrected chi connectivity index (χ4v) is 3.32. The van der Waals surface area contributed by atoms with Crippen LogP contribution in [0.15, 0.2) is 30.5 Å². The molecule has 0 atom stereocenters. The van der Waals surface area contributed by atoms with Crippen molar-refractivity contribution in [2.24, 2.45) is 0 Å². The number of hydrogen-bond acceptors (Lipinski definition) is 5. The van der Waals surface area contributed by atoms with Gasteiger partial charge in [0.2, 0.25) is 5.95 Å². The molecule has 1 amide bonds. The van der Waals surface area contributed by atoms with Crippen LogP contribution in [-0.4, -0.2) is 42.1 Å². The summed E-state index contributed by atoms with van der Waals surface area (Å²) in [6.45, 7) is 0. The van der Waals surface area contributed by atoms with Crippen molar-refractivity contribution in [3.8, 4) is 0 Å². The Morgan fingerprint density at radius 1 is 1.19 bits per heavy atom. The Morgan fingerprint density at radius 3 is 2.56 bits per heavy atom. The maximum absolute atomic E-state index is 13.2. The van der Waals surface area contributed by atoms with Crippen LogP contribution in [0.2, 0.25) is 5.02 Å². The van der Waals surface area contributed by atoms with E-state index in [9.17, 15) is 9.18 Å². The summed E-state index contributed by atoms with van der Waals surface area (Å²) in [6, 6.07) is 6.23. The second-order valence-corrected chi connectivity index (χ2v) is 7.34. The average Bonchev–Trinajstić information content (AvgIpc) is 2.65. The van der Waals surface area contributed by atoms with E-state index >= 15 is 0 Å². The van der Waals surface area contributed by atoms with E-state index in [0.717, 1.165) is 31.5 Å². The van der Waals surface area contributed by atoms with Gasteiger partial charge < -0.3 is 15.5 Å². The summed E-state index contributed by atoms with van der Waals surface area (Å²) in [6.07, 6.45) is 5.26. The Bertz CT molecular complexity index is 808. The van der Waals surface area contributed by atoms with Gasteiger partial charge in [0, 0.05) is 37.9 Å². The van der Waals surface area contributed by atoms with Gasteiger partial charge in [-0.3, -0.25) is 4.79 Å². The molecule has 0 aliphatic heterocycles. The highest BCUT2D eigenvalue weighted by atomic mass is 35.5. The zero-order valence-electron chi connectivity index (χ0n) is 15.4. The first kappa shape index (κ1) is 19.4. The number of anilines is 2. The lowest BCUT2D eigenvalue weighted by atomic mass is 9.91. The summed E-state index contributed by atoms with van der Waals surface area (Å²) in [5.74, 6) is 0.719. The number of benzene rings is 1. The van der Waals surface area contributed by atoms with E-state index in [1.165, 1.54) is 18.2 Å². The Kier molecular flexibility index (Phi) is 6.11. The highest BCUT2D eigenvalue weighted by Crippen LogP contribution is 2.22. The first-order chi connectivity index (χ1) is 12.9. The summed E-state index contributed by atoms with van der Waals surface area (Å²) in [4.78, 5) is 23.0. The minimum absolute atomic E-state index is 0.0458. The van der Waals surface area contributed by atoms with E-state index in [2.05, 4.69) is 20.6 Å². The number of aromatic nitrogens is 2. The van der Waals surface area contributed by atoms with Crippen molar-refractivity contribution in [2.45, 2.75) is 37.8 Å². The largest absolute Gasteiger partial charge is 0.363 e. The third kappa shape index (κ3) is 5.07. The molecule has 1 aromatic carbocycles. The number of amides is 1. The fraction of sp³-hybridized carbons (Fsp3) is 0.421. The molecule has 1 fully saturated rings. The van der Waals surface area contributed by atoms with Crippen LogP contribution in [0.25, 0.3) is 0 Å². The van der Waals surface area contributed by atoms with E-state index in [4.69, 9.17) is 11.6 Å². The van der Waals surface area contributed by atoms with Crippen molar-refractivity contribution in [3.63, 3.8) is 0 Å². The molecule has 0 radical (unpaired) electrons. The molecule has 1 aliphatic rings. The van der Waals surface area contributed by atoms with Crippen LogP contribution in [-0.2, 0) is 0 Å². The minimum Gasteiger partial charge on any atom is -0.363 e. The van der Waals surface area contributed by atoms with Gasteiger partial charge in [0.1, 0.15) is 11.6 Å². The zero-order chi connectivity index (χ0) is 19.4. The van der Waals surface area contributed by atoms with Crippen molar-refractivity contribution >= 4 is 29.3 Å². The van der Waals surface area contributed by atoms with E-state index in [1.807, 2.05) is 25.1 Å². The number of hydrogen-bond donors (Lipinski definition) is 2. The fourth-order valence-electron chi connectivity index (χ4n) is 3.14. The zero-order valence-corrected chi connectivity index (χ0v) is 16.1. The molecule has 0 unspecified atom stereocenters. The Morgan fingerprint density at radius 2 is 1.89 bits per heavy atom. The molecule has 0 saturated heterocycles. The second-order valence-electron chi connectivity index (χ2n) is 6.93. The molecule has 2 N–H and O–H groups in total. The number of carbonyl (C=O) groups excluding carboxylic acids is 1. The molecule has 0 spiro atoms. The first-order valence-electron chi connectivity index (χ1n) is 8.95. The van der Waals surface area contributed by atoms with E-state index in [-0.39, 0.29) is 23.0 Å². The molecular formula is C19H23ClFN5O. The van der Waals surface area contributed by atoms with Gasteiger partial charge in [-0.05, 0) is 49.9 Å². The van der Waals surface area contributed by atoms with Crippen molar-refractivity contribution in [3.05, 3.63) is 46.9 Å². The van der Waals surface area contributed by atoms with E-state index in [0.29, 0.717) is 11.5 Å². The van der Waals surface area contributed by atoms with Gasteiger partial charge in [0.15, 0.2) is 0 Å². The number of halogens is 2. The predicted octanol–water partition coefficient (Wildman–Crippen LogP) is 3.49. The van der Waals surface area contributed by atoms with Crippen LogP contribution in [0.3, 0.4) is 0 Å². The maximum Gasteiger partial charge on any atom is 0.251 e. The normalized spacial score (nSPS) is 19.4. The molecule has 1 saturated carbocycles. The Labute approximate surface area is 163 Å². The topological polar surface area (TPSA) is 70.2 Å². The molecule has 0 bridgehead atoms. The van der Waals surface area contributed by atoms with E-state index in [1.54, 1.807) is 6.20 Å². The Hall–Kier alpha value is -2.41. The standard InChI is InChI=1S/C19H23ClFN5O/c1-26(2)17-9-10-22-19(25-17)24-14-6-4-13(5-7-14)23-18(27)12-3-8-16(21)15(20)11-12/h3,8-11,13-14H,4-7H2,1-2H3,(H,23,27)(H,22,24,25)/t13-,14+. The van der Waals surface area contributed by atoms with Gasteiger partial charge in [0.25, 0.3) is 5.91 Å². The molecule has 3 rings (SSSR count). The average molecular weight is 392 g/mol. The summed E-state index contributed by atoms with van der Waals surface area (Å²) in [7, 11) is 3.88. The maximum atomic E-state index is 13.2. The van der Waals surface area contributed by atoms with Crippen LogP contribution >= 0.6 is 11.6 Å². The van der Waals surface area contributed by atoms with Gasteiger partial charge >= 0.3 is 0 Å². The molecule has 27 heavy (non-hydrogen) atoms. The second kappa shape index (κ2) is 8.52. The molecule has 2 aromatic rings. The van der Waals surface area contributed by atoms with Gasteiger partial charge in [-0.25, -0.2) is 9.37 Å². The van der Waals surface area contributed by atoms with Crippen molar-refractivity contribution in [2.75, 3.05) is 24.3 Å². The van der Waals surface area contributed by atoms with Gasteiger partial charge in [-0.15, -0.1) is 0 Å². The summed E-state index contributed by atoms with van der Waals surface area (Å²) < 4.78 is 13.2. The third-order valence-electron chi connectivity index (χ3n) is 4.68. The highest BCUT2D eigenvalue weighted by molar-refractivity contribution is 6.31. The molecule has 6 nitrogen and oxygen atoms in total. The monoisotopic (exact) mass is 391 g/mol. The van der Waals surface area contributed by atoms with Gasteiger partial charge in [-0.2, -0.15) is 4.98 Å². The van der Waals surface area contributed by atoms with Gasteiger partial charge in [-0.1, -0.05) is 11.6 Å². The molecule has 144 valence electrons. The number of rotatable bonds is 5. The molecule has 1 heterocycles. The number of nitrogens with one attached hydrogen (secondary N) is 2. The quantitative estimate of drug-likeness (QED) is 0.816. The highest BCUT2D eigenvalue weighted by Gasteiger charge is 2.23. The van der Waals surface area contributed by atoms with Crippen molar-refractivity contribution < 1.29 is 9.18 Å². The van der Waals surface area contributed by atoms with Crippen LogP contribution in [0.4, 0.5) is 16.2 Å². The van der Waals surface area contributed by atoms with Gasteiger partial charge in [0.05, 0.1) is 5.02 Å². The first-order valence-corrected chi connectivity index (χ1v) is 9.33. The lowest BCUT2D eigenvalue weighted by Crippen LogP contribution is -2.40.